The van der Waals surface area contributed by atoms with Crippen molar-refractivity contribution in [2.24, 2.45) is 0 Å². The van der Waals surface area contributed by atoms with Crippen LogP contribution in [0.2, 0.25) is 5.02 Å². The van der Waals surface area contributed by atoms with Gasteiger partial charge in [0.25, 0.3) is 11.8 Å². The van der Waals surface area contributed by atoms with E-state index in [1.807, 2.05) is 30.3 Å². The molecule has 2 amide bonds. The number of esters is 1. The van der Waals surface area contributed by atoms with Crippen LogP contribution in [0.3, 0.4) is 0 Å². The molecule has 194 valence electrons. The first-order chi connectivity index (χ1) is 18.4. The maximum absolute atomic E-state index is 13.4. The molecule has 0 saturated carbocycles. The predicted octanol–water partition coefficient (Wildman–Crippen LogP) is 4.95. The molecule has 0 aliphatic carbocycles. The quantitative estimate of drug-likeness (QED) is 0.312. The highest BCUT2D eigenvalue weighted by Gasteiger charge is 2.37. The maximum atomic E-state index is 13.4. The number of hydrogen-bond acceptors (Lipinski definition) is 5. The van der Waals surface area contributed by atoms with Gasteiger partial charge in [0.05, 0.1) is 18.3 Å². The van der Waals surface area contributed by atoms with Gasteiger partial charge in [-0.1, -0.05) is 54.1 Å². The first-order valence-corrected chi connectivity index (χ1v) is 12.4. The van der Waals surface area contributed by atoms with E-state index >= 15 is 0 Å². The van der Waals surface area contributed by atoms with Crippen LogP contribution in [0.25, 0.3) is 6.08 Å². The molecule has 0 spiro atoms. The van der Waals surface area contributed by atoms with Crippen molar-refractivity contribution < 1.29 is 23.9 Å². The summed E-state index contributed by atoms with van der Waals surface area (Å²) in [4.78, 5) is 39.5. The Hall–Kier alpha value is -4.36. The Morgan fingerprint density at radius 1 is 0.974 bits per heavy atom. The minimum atomic E-state index is -0.600. The Bertz CT molecular complexity index is 1380. The number of carbonyl (C=O) groups is 3. The summed E-state index contributed by atoms with van der Waals surface area (Å²) in [5.41, 5.74) is 3.30. The third-order valence-corrected chi connectivity index (χ3v) is 6.27. The van der Waals surface area contributed by atoms with Gasteiger partial charge in [0.2, 0.25) is 0 Å². The van der Waals surface area contributed by atoms with Crippen molar-refractivity contribution >= 4 is 41.1 Å². The fourth-order valence-electron chi connectivity index (χ4n) is 4.10. The molecule has 0 fully saturated rings. The molecule has 0 bridgehead atoms. The number of nitrogens with one attached hydrogen (secondary N) is 1. The van der Waals surface area contributed by atoms with Gasteiger partial charge in [0.15, 0.2) is 6.61 Å². The number of rotatable bonds is 9. The zero-order chi connectivity index (χ0) is 27.1. The van der Waals surface area contributed by atoms with Gasteiger partial charge in [-0.2, -0.15) is 0 Å². The molecule has 0 saturated heterocycles. The van der Waals surface area contributed by atoms with Gasteiger partial charge in [0.1, 0.15) is 5.75 Å². The minimum Gasteiger partial charge on any atom is -0.484 e. The van der Waals surface area contributed by atoms with Gasteiger partial charge >= 0.3 is 5.97 Å². The molecule has 1 aliphatic rings. The molecule has 1 aliphatic heterocycles. The summed E-state index contributed by atoms with van der Waals surface area (Å²) in [6, 6.07) is 23.6. The Balaban J connectivity index is 1.42. The van der Waals surface area contributed by atoms with Crippen molar-refractivity contribution in [2.45, 2.75) is 13.3 Å². The molecule has 1 N–H and O–H groups in total. The molecule has 0 unspecified atom stereocenters. The van der Waals surface area contributed by atoms with Crippen molar-refractivity contribution in [3.05, 3.63) is 112 Å². The molecule has 1 heterocycles. The van der Waals surface area contributed by atoms with Crippen molar-refractivity contribution in [3.8, 4) is 5.75 Å². The van der Waals surface area contributed by atoms with E-state index in [2.05, 4.69) is 5.32 Å². The molecule has 3 aromatic carbocycles. The van der Waals surface area contributed by atoms with Gasteiger partial charge in [0, 0.05) is 23.0 Å². The molecule has 8 heteroatoms. The van der Waals surface area contributed by atoms with Crippen LogP contribution in [-0.2, 0) is 25.5 Å². The van der Waals surface area contributed by atoms with Crippen LogP contribution in [-0.4, -0.2) is 38.0 Å². The lowest BCUT2D eigenvalue weighted by Crippen LogP contribution is -2.30. The number of anilines is 1. The fourth-order valence-corrected chi connectivity index (χ4v) is 4.22. The Labute approximate surface area is 226 Å². The van der Waals surface area contributed by atoms with Crippen LogP contribution in [0, 0.1) is 0 Å². The number of ether oxygens (including phenoxy) is 2. The molecular formula is C30H27ClN2O5. The molecular weight excluding hydrogens is 504 g/mol. The minimum absolute atomic E-state index is 0.113. The first kappa shape index (κ1) is 26.7. The molecule has 0 atom stereocenters. The van der Waals surface area contributed by atoms with Crippen molar-refractivity contribution in [3.63, 3.8) is 0 Å². The van der Waals surface area contributed by atoms with Crippen LogP contribution >= 0.6 is 11.6 Å². The summed E-state index contributed by atoms with van der Waals surface area (Å²) in [6.45, 7) is 2.11. The van der Waals surface area contributed by atoms with Crippen LogP contribution in [0.5, 0.6) is 5.75 Å². The van der Waals surface area contributed by atoms with Crippen molar-refractivity contribution in [1.82, 2.24) is 5.32 Å². The summed E-state index contributed by atoms with van der Waals surface area (Å²) >= 11 is 5.99. The van der Waals surface area contributed by atoms with E-state index in [4.69, 9.17) is 21.1 Å². The summed E-state index contributed by atoms with van der Waals surface area (Å²) in [5, 5.41) is 3.38. The summed E-state index contributed by atoms with van der Waals surface area (Å²) in [5.74, 6) is -0.658. The lowest BCUT2D eigenvalue weighted by atomic mass is 10.0. The smallest absolute Gasteiger partial charge is 0.340 e. The second-order valence-corrected chi connectivity index (χ2v) is 9.01. The topological polar surface area (TPSA) is 84.9 Å². The average molecular weight is 531 g/mol. The largest absolute Gasteiger partial charge is 0.484 e. The number of allylic oxidation sites excluding steroid dienone is 1. The molecule has 0 radical (unpaired) electrons. The van der Waals surface area contributed by atoms with Gasteiger partial charge in [-0.3, -0.25) is 14.5 Å². The molecule has 0 aromatic heterocycles. The molecule has 3 aromatic rings. The van der Waals surface area contributed by atoms with Gasteiger partial charge in [-0.05, 0) is 66.9 Å². The Morgan fingerprint density at radius 2 is 1.66 bits per heavy atom. The number of benzene rings is 3. The lowest BCUT2D eigenvalue weighted by molar-refractivity contribution is -0.136. The zero-order valence-corrected chi connectivity index (χ0v) is 21.8. The Kier molecular flexibility index (Phi) is 8.61. The van der Waals surface area contributed by atoms with Gasteiger partial charge in [-0.15, -0.1) is 0 Å². The van der Waals surface area contributed by atoms with Crippen LogP contribution in [0.4, 0.5) is 5.69 Å². The summed E-state index contributed by atoms with van der Waals surface area (Å²) in [7, 11) is 1.28. The summed E-state index contributed by atoms with van der Waals surface area (Å²) < 4.78 is 10.5. The second-order valence-electron chi connectivity index (χ2n) is 8.57. The zero-order valence-electron chi connectivity index (χ0n) is 21.1. The van der Waals surface area contributed by atoms with E-state index in [0.29, 0.717) is 34.3 Å². The molecule has 4 rings (SSSR count). The van der Waals surface area contributed by atoms with Crippen LogP contribution < -0.4 is 15.0 Å². The van der Waals surface area contributed by atoms with E-state index in [-0.39, 0.29) is 29.6 Å². The monoisotopic (exact) mass is 530 g/mol. The molecule has 7 nitrogen and oxygen atoms in total. The maximum Gasteiger partial charge on any atom is 0.340 e. The average Bonchev–Trinajstić information content (AvgIpc) is 3.17. The van der Waals surface area contributed by atoms with E-state index in [1.165, 1.54) is 12.0 Å². The number of hydrogen-bond donors (Lipinski definition) is 1. The van der Waals surface area contributed by atoms with Crippen LogP contribution in [0.1, 0.15) is 18.1 Å². The van der Waals surface area contributed by atoms with E-state index in [9.17, 15) is 14.4 Å². The number of nitrogens with zero attached hydrogens (tertiary/aromatic N) is 1. The van der Waals surface area contributed by atoms with E-state index < -0.39 is 5.97 Å². The Morgan fingerprint density at radius 3 is 2.32 bits per heavy atom. The van der Waals surface area contributed by atoms with Crippen molar-refractivity contribution in [1.29, 1.82) is 0 Å². The van der Waals surface area contributed by atoms with Gasteiger partial charge < -0.3 is 14.8 Å². The number of amides is 2. The standard InChI is InChI=1S/C30H27ClN2O5/c1-20-28(30(36)37-2)26(29(35)33(20)24-12-10-23(31)11-13-24)18-22-8-14-25(15-9-22)38-19-27(34)32-17-16-21-6-4-3-5-7-21/h3-15,18H,16-17,19H2,1-2H3,(H,32,34)/b26-18-. The third-order valence-electron chi connectivity index (χ3n) is 6.01. The fraction of sp³-hybridized carbons (Fsp3) is 0.167. The normalized spacial score (nSPS) is 14.1. The highest BCUT2D eigenvalue weighted by atomic mass is 35.5. The van der Waals surface area contributed by atoms with Crippen LogP contribution in [0.15, 0.2) is 95.7 Å². The van der Waals surface area contributed by atoms with Crippen molar-refractivity contribution in [2.75, 3.05) is 25.2 Å². The van der Waals surface area contributed by atoms with Gasteiger partial charge in [-0.25, -0.2) is 4.79 Å². The highest BCUT2D eigenvalue weighted by molar-refractivity contribution is 6.30. The summed E-state index contributed by atoms with van der Waals surface area (Å²) in [6.07, 6.45) is 2.37. The first-order valence-electron chi connectivity index (χ1n) is 12.0. The highest BCUT2D eigenvalue weighted by Crippen LogP contribution is 2.36. The van der Waals surface area contributed by atoms with E-state index in [1.54, 1.807) is 61.5 Å². The predicted molar refractivity (Wildman–Crippen MR) is 147 cm³/mol. The SMILES string of the molecule is COC(=O)C1=C(C)N(c2ccc(Cl)cc2)C(=O)/C1=C\c1ccc(OCC(=O)NCCc2ccccc2)cc1. The third kappa shape index (κ3) is 6.30. The second kappa shape index (κ2) is 12.3. The van der Waals surface area contributed by atoms with E-state index in [0.717, 1.165) is 12.0 Å². The molecule has 38 heavy (non-hydrogen) atoms. The lowest BCUT2D eigenvalue weighted by Gasteiger charge is -2.17. The number of carbonyl (C=O) groups excluding carboxylic acids is 3. The number of halogens is 1. The number of methoxy groups -OCH3 is 1.